The fourth-order valence-corrected chi connectivity index (χ4v) is 4.10. The minimum absolute atomic E-state index is 0.143. The number of hydrogen-bond acceptors (Lipinski definition) is 8. The van der Waals surface area contributed by atoms with E-state index in [9.17, 15) is 24.3 Å². The molecule has 2 amide bonds. The Morgan fingerprint density at radius 3 is 2.62 bits per heavy atom. The maximum atomic E-state index is 12.1. The number of fused-ring (bicyclic) bond motifs is 1. The van der Waals surface area contributed by atoms with Gasteiger partial charge in [0.05, 0.1) is 5.37 Å². The molecule has 0 radical (unpaired) electrons. The molecule has 2 aliphatic heterocycles. The van der Waals surface area contributed by atoms with Crippen LogP contribution >= 0.6 is 11.8 Å². The molecule has 0 spiro atoms. The van der Waals surface area contributed by atoms with Crippen molar-refractivity contribution in [3.63, 3.8) is 0 Å². The minimum atomic E-state index is -1.66. The fraction of sp³-hybridized carbons (Fsp3) is 0.615. The highest BCUT2D eigenvalue weighted by Gasteiger charge is 2.61. The van der Waals surface area contributed by atoms with Crippen LogP contribution in [0.1, 0.15) is 13.8 Å². The lowest BCUT2D eigenvalue weighted by Gasteiger charge is -2.52. The Bertz CT molecular complexity index is 623. The van der Waals surface area contributed by atoms with Gasteiger partial charge in [-0.25, -0.2) is 0 Å². The fourth-order valence-electron chi connectivity index (χ4n) is 2.51. The number of carboxylic acid groups (broad SMARTS) is 1. The van der Waals surface area contributed by atoms with E-state index in [-0.39, 0.29) is 12.3 Å². The molecule has 3 atom stereocenters. The van der Waals surface area contributed by atoms with Gasteiger partial charge >= 0.3 is 11.9 Å². The van der Waals surface area contributed by atoms with E-state index >= 15 is 0 Å². The van der Waals surface area contributed by atoms with Crippen LogP contribution in [0.2, 0.25) is 0 Å². The van der Waals surface area contributed by atoms with E-state index in [0.29, 0.717) is 0 Å². The number of hydrogen-bond donors (Lipinski definition) is 2. The third-order valence-electron chi connectivity index (χ3n) is 3.70. The summed E-state index contributed by atoms with van der Waals surface area (Å²) in [4.78, 5) is 52.5. The van der Waals surface area contributed by atoms with E-state index in [2.05, 4.69) is 15.3 Å². The lowest BCUT2D eigenvalue weighted by molar-refractivity contribution is -0.162. The second kappa shape index (κ2) is 6.67. The molecule has 0 saturated carbocycles. The summed E-state index contributed by atoms with van der Waals surface area (Å²) in [7, 11) is 1.30. The smallest absolute Gasteiger partial charge is 0.317 e. The summed E-state index contributed by atoms with van der Waals surface area (Å²) >= 11 is 1.04. The first-order valence-electron chi connectivity index (χ1n) is 6.94. The van der Waals surface area contributed by atoms with Crippen molar-refractivity contribution >= 4 is 41.2 Å². The Kier molecular flexibility index (Phi) is 5.02. The molecule has 2 unspecified atom stereocenters. The molecule has 0 aromatic rings. The number of β-lactam (4-membered cyclic amide) rings is 1. The number of carbonyl (C=O) groups is 4. The number of carboxylic acids is 1. The van der Waals surface area contributed by atoms with E-state index in [0.717, 1.165) is 18.7 Å². The van der Waals surface area contributed by atoms with Gasteiger partial charge in [-0.3, -0.25) is 19.2 Å². The normalized spacial score (nSPS) is 30.2. The van der Waals surface area contributed by atoms with Crippen LogP contribution in [0.25, 0.3) is 0 Å². The van der Waals surface area contributed by atoms with Gasteiger partial charge in [0, 0.05) is 20.4 Å². The number of esters is 1. The quantitative estimate of drug-likeness (QED) is 0.363. The zero-order valence-electron chi connectivity index (χ0n) is 13.3. The lowest BCUT2D eigenvalue weighted by Crippen LogP contribution is -2.72. The number of carbonyl (C=O) groups excluding carboxylic acids is 3. The van der Waals surface area contributed by atoms with Crippen LogP contribution < -0.4 is 5.32 Å². The van der Waals surface area contributed by atoms with Gasteiger partial charge in [0.25, 0.3) is 5.91 Å². The lowest BCUT2D eigenvalue weighted by atomic mass is 9.85. The average molecular weight is 359 g/mol. The summed E-state index contributed by atoms with van der Waals surface area (Å²) in [5, 5.41) is 14.5. The number of amides is 2. The van der Waals surface area contributed by atoms with Crippen molar-refractivity contribution < 1.29 is 33.9 Å². The maximum Gasteiger partial charge on any atom is 0.317 e. The van der Waals surface area contributed by atoms with E-state index < -0.39 is 46.5 Å². The number of ether oxygens (including phenoxy) is 1. The van der Waals surface area contributed by atoms with Gasteiger partial charge in [0.2, 0.25) is 5.91 Å². The van der Waals surface area contributed by atoms with Gasteiger partial charge in [0.1, 0.15) is 24.5 Å². The first-order valence-corrected chi connectivity index (χ1v) is 7.88. The molecule has 0 bridgehead atoms. The number of nitrogens with zero attached hydrogens (tertiary/aromatic N) is 2. The van der Waals surface area contributed by atoms with Crippen molar-refractivity contribution in [3.05, 3.63) is 0 Å². The van der Waals surface area contributed by atoms with E-state index in [1.807, 2.05) is 0 Å². The van der Waals surface area contributed by atoms with E-state index in [1.54, 1.807) is 0 Å². The van der Waals surface area contributed by atoms with Crippen LogP contribution in [-0.2, 0) is 28.8 Å². The van der Waals surface area contributed by atoms with Crippen LogP contribution in [0.15, 0.2) is 5.16 Å². The van der Waals surface area contributed by atoms with Gasteiger partial charge in [0.15, 0.2) is 5.71 Å². The highest BCUT2D eigenvalue weighted by molar-refractivity contribution is 8.01. The molecule has 24 heavy (non-hydrogen) atoms. The summed E-state index contributed by atoms with van der Waals surface area (Å²) in [6.07, 6.45) is 0. The van der Waals surface area contributed by atoms with Gasteiger partial charge in [-0.05, 0) is 0 Å². The minimum Gasteiger partial charge on any atom is -0.481 e. The number of aliphatic carboxylic acids is 1. The Morgan fingerprint density at radius 1 is 1.46 bits per heavy atom. The van der Waals surface area contributed by atoms with Crippen LogP contribution in [0.5, 0.6) is 0 Å². The molecule has 2 saturated heterocycles. The largest absolute Gasteiger partial charge is 0.481 e. The van der Waals surface area contributed by atoms with Crippen molar-refractivity contribution in [3.8, 4) is 0 Å². The van der Waals surface area contributed by atoms with Gasteiger partial charge < -0.3 is 24.9 Å². The summed E-state index contributed by atoms with van der Waals surface area (Å²) in [5.41, 5.74) is -1.52. The second-order valence-corrected chi connectivity index (χ2v) is 6.59. The van der Waals surface area contributed by atoms with Gasteiger partial charge in [-0.15, -0.1) is 11.8 Å². The van der Waals surface area contributed by atoms with Crippen molar-refractivity contribution in [2.24, 2.45) is 10.6 Å². The predicted molar refractivity (Wildman–Crippen MR) is 81.8 cm³/mol. The standard InChI is InChI=1S/C13H17N3O7S/c1-6(17)14-11-13(12(20)21,5-23-7(2)18)4-16-9(19)8(15-22-3)10(16)24-11/h10-11H,4-5H2,1-3H3,(H,14,17)(H,20,21)/t10-,11?,13?/m1/s1. The second-order valence-electron chi connectivity index (χ2n) is 5.40. The zero-order chi connectivity index (χ0) is 18.1. The molecule has 2 aliphatic rings. The first kappa shape index (κ1) is 18.0. The SMILES string of the molecule is CON=C1C(=O)N2CC(COC(C)=O)(C(=O)O)C(NC(C)=O)S[C@H]12. The summed E-state index contributed by atoms with van der Waals surface area (Å²) in [6.45, 7) is 1.71. The van der Waals surface area contributed by atoms with Crippen LogP contribution in [-0.4, -0.2) is 70.5 Å². The van der Waals surface area contributed by atoms with E-state index in [1.165, 1.54) is 18.9 Å². The Balaban J connectivity index is 2.35. The molecule has 2 fully saturated rings. The summed E-state index contributed by atoms with van der Waals surface area (Å²) < 4.78 is 4.90. The Hall–Kier alpha value is -2.30. The van der Waals surface area contributed by atoms with Crippen LogP contribution in [0, 0.1) is 5.41 Å². The summed E-state index contributed by atoms with van der Waals surface area (Å²) in [6, 6.07) is 0. The van der Waals surface area contributed by atoms with Crippen molar-refractivity contribution in [2.75, 3.05) is 20.3 Å². The molecule has 132 valence electrons. The van der Waals surface area contributed by atoms with Gasteiger partial charge in [-0.2, -0.15) is 0 Å². The highest BCUT2D eigenvalue weighted by Crippen LogP contribution is 2.45. The maximum absolute atomic E-state index is 12.1. The van der Waals surface area contributed by atoms with Crippen molar-refractivity contribution in [2.45, 2.75) is 24.6 Å². The highest BCUT2D eigenvalue weighted by atomic mass is 32.2. The molecule has 11 heteroatoms. The van der Waals surface area contributed by atoms with Crippen LogP contribution in [0.3, 0.4) is 0 Å². The monoisotopic (exact) mass is 359 g/mol. The van der Waals surface area contributed by atoms with E-state index in [4.69, 9.17) is 4.74 Å². The molecule has 2 N–H and O–H groups in total. The number of thioether (sulfide) groups is 1. The van der Waals surface area contributed by atoms with Crippen LogP contribution in [0.4, 0.5) is 0 Å². The van der Waals surface area contributed by atoms with Crippen molar-refractivity contribution in [1.82, 2.24) is 10.2 Å². The molecule has 0 aromatic heterocycles. The average Bonchev–Trinajstić information content (AvgIpc) is 2.50. The third-order valence-corrected chi connectivity index (χ3v) is 5.28. The topological polar surface area (TPSA) is 135 Å². The number of oxime groups is 1. The Labute approximate surface area is 141 Å². The number of nitrogens with one attached hydrogen (secondary N) is 1. The molecular formula is C13H17N3O7S. The third kappa shape index (κ3) is 3.03. The molecule has 10 nitrogen and oxygen atoms in total. The molecule has 2 heterocycles. The summed E-state index contributed by atoms with van der Waals surface area (Å²) in [5.74, 6) is -2.83. The molecular weight excluding hydrogens is 342 g/mol. The Morgan fingerprint density at radius 2 is 2.12 bits per heavy atom. The predicted octanol–water partition coefficient (Wildman–Crippen LogP) is -1.000. The molecule has 0 aliphatic carbocycles. The first-order chi connectivity index (χ1) is 11.2. The van der Waals surface area contributed by atoms with Gasteiger partial charge in [-0.1, -0.05) is 5.16 Å². The number of rotatable bonds is 5. The molecule has 2 rings (SSSR count). The molecule has 0 aromatic carbocycles. The van der Waals surface area contributed by atoms with Crippen molar-refractivity contribution in [1.29, 1.82) is 0 Å². The zero-order valence-corrected chi connectivity index (χ0v) is 14.1.